The molecule has 0 aliphatic heterocycles. The van der Waals surface area contributed by atoms with Gasteiger partial charge in [-0.05, 0) is 5.56 Å². The Morgan fingerprint density at radius 3 is 2.44 bits per heavy atom. The van der Waals surface area contributed by atoms with Crippen molar-refractivity contribution in [2.75, 3.05) is 6.54 Å². The first-order valence-corrected chi connectivity index (χ1v) is 5.31. The molecule has 0 aliphatic carbocycles. The van der Waals surface area contributed by atoms with Gasteiger partial charge in [-0.1, -0.05) is 30.3 Å². The Bertz CT molecular complexity index is 384. The summed E-state index contributed by atoms with van der Waals surface area (Å²) in [5.74, 6) is -0.830. The monoisotopic (exact) mass is 272 g/mol. The molecule has 1 aromatic carbocycles. The van der Waals surface area contributed by atoms with Crippen LogP contribution in [-0.2, 0) is 20.9 Å². The molecule has 18 heavy (non-hydrogen) atoms. The van der Waals surface area contributed by atoms with Crippen LogP contribution in [0.4, 0.5) is 0 Å². The fourth-order valence-electron chi connectivity index (χ4n) is 1.29. The van der Waals surface area contributed by atoms with Crippen molar-refractivity contribution in [2.24, 2.45) is 5.73 Å². The number of rotatable bonds is 5. The molecular formula is C12H17ClN2O3. The average molecular weight is 273 g/mol. The van der Waals surface area contributed by atoms with Crippen molar-refractivity contribution >= 4 is 24.3 Å². The summed E-state index contributed by atoms with van der Waals surface area (Å²) in [5.41, 5.74) is 6.26. The Labute approximate surface area is 112 Å². The van der Waals surface area contributed by atoms with Crippen LogP contribution in [-0.4, -0.2) is 24.5 Å². The Morgan fingerprint density at radius 1 is 1.33 bits per heavy atom. The first kappa shape index (κ1) is 16.4. The van der Waals surface area contributed by atoms with E-state index < -0.39 is 12.0 Å². The number of amides is 1. The number of carbonyl (C=O) groups excluding carboxylic acids is 2. The van der Waals surface area contributed by atoms with Gasteiger partial charge >= 0.3 is 5.97 Å². The summed E-state index contributed by atoms with van der Waals surface area (Å²) in [4.78, 5) is 22.4. The van der Waals surface area contributed by atoms with Gasteiger partial charge in [0, 0.05) is 13.5 Å². The molecule has 1 amide bonds. The lowest BCUT2D eigenvalue weighted by Crippen LogP contribution is -2.45. The number of halogens is 1. The highest BCUT2D eigenvalue weighted by atomic mass is 35.5. The van der Waals surface area contributed by atoms with Crippen molar-refractivity contribution in [3.05, 3.63) is 35.9 Å². The molecule has 0 aromatic heterocycles. The Hall–Kier alpha value is -1.59. The van der Waals surface area contributed by atoms with Crippen LogP contribution in [0, 0.1) is 0 Å². The van der Waals surface area contributed by atoms with Crippen LogP contribution >= 0.6 is 12.4 Å². The largest absolute Gasteiger partial charge is 0.459 e. The van der Waals surface area contributed by atoms with Gasteiger partial charge in [-0.3, -0.25) is 4.79 Å². The lowest BCUT2D eigenvalue weighted by molar-refractivity contribution is -0.148. The summed E-state index contributed by atoms with van der Waals surface area (Å²) in [5, 5.41) is 2.43. The molecule has 0 saturated carbocycles. The molecule has 0 unspecified atom stereocenters. The molecule has 1 aromatic rings. The fourth-order valence-corrected chi connectivity index (χ4v) is 1.29. The van der Waals surface area contributed by atoms with E-state index in [1.54, 1.807) is 0 Å². The van der Waals surface area contributed by atoms with E-state index in [2.05, 4.69) is 5.32 Å². The van der Waals surface area contributed by atoms with Gasteiger partial charge in [0.2, 0.25) is 5.91 Å². The van der Waals surface area contributed by atoms with Crippen molar-refractivity contribution in [3.8, 4) is 0 Å². The molecule has 0 spiro atoms. The molecule has 5 nitrogen and oxygen atoms in total. The van der Waals surface area contributed by atoms with Gasteiger partial charge in [0.1, 0.15) is 12.6 Å². The van der Waals surface area contributed by atoms with Gasteiger partial charge in [0.05, 0.1) is 0 Å². The third-order valence-corrected chi connectivity index (χ3v) is 2.12. The lowest BCUT2D eigenvalue weighted by Gasteiger charge is -2.14. The Balaban J connectivity index is 0.00000289. The second-order valence-corrected chi connectivity index (χ2v) is 3.58. The fraction of sp³-hybridized carbons (Fsp3) is 0.333. The zero-order chi connectivity index (χ0) is 12.7. The van der Waals surface area contributed by atoms with Crippen LogP contribution in [0.3, 0.4) is 0 Å². The minimum absolute atomic E-state index is 0. The number of carbonyl (C=O) groups is 2. The quantitative estimate of drug-likeness (QED) is 0.770. The maximum Gasteiger partial charge on any atom is 0.330 e. The van der Waals surface area contributed by atoms with Crippen LogP contribution in [0.2, 0.25) is 0 Å². The number of nitrogens with one attached hydrogen (secondary N) is 1. The number of esters is 1. The topological polar surface area (TPSA) is 81.4 Å². The summed E-state index contributed by atoms with van der Waals surface area (Å²) in [6, 6.07) is 8.52. The number of nitrogens with two attached hydrogens (primary N) is 1. The van der Waals surface area contributed by atoms with Crippen molar-refractivity contribution in [1.29, 1.82) is 0 Å². The predicted octanol–water partition coefficient (Wildman–Crippen LogP) is 0.615. The van der Waals surface area contributed by atoms with Crippen molar-refractivity contribution < 1.29 is 14.3 Å². The van der Waals surface area contributed by atoms with Crippen molar-refractivity contribution in [2.45, 2.75) is 19.6 Å². The summed E-state index contributed by atoms with van der Waals surface area (Å²) in [6.45, 7) is 1.52. The molecule has 3 N–H and O–H groups in total. The Kier molecular flexibility index (Phi) is 7.74. The molecule has 0 fully saturated rings. The number of benzene rings is 1. The number of hydrogen-bond donors (Lipinski definition) is 2. The summed E-state index contributed by atoms with van der Waals surface area (Å²) in [6.07, 6.45) is 0. The molecule has 0 radical (unpaired) electrons. The van der Waals surface area contributed by atoms with Crippen molar-refractivity contribution in [3.63, 3.8) is 0 Å². The van der Waals surface area contributed by atoms with E-state index >= 15 is 0 Å². The van der Waals surface area contributed by atoms with Crippen LogP contribution in [0.15, 0.2) is 30.3 Å². The highest BCUT2D eigenvalue weighted by molar-refractivity contribution is 5.85. The van der Waals surface area contributed by atoms with E-state index in [9.17, 15) is 9.59 Å². The maximum absolute atomic E-state index is 11.6. The zero-order valence-corrected chi connectivity index (χ0v) is 10.9. The molecule has 0 aliphatic rings. The second-order valence-electron chi connectivity index (χ2n) is 3.58. The minimum atomic E-state index is -0.781. The molecule has 6 heteroatoms. The second kappa shape index (κ2) is 8.49. The molecule has 1 atom stereocenters. The van der Waals surface area contributed by atoms with E-state index in [1.807, 2.05) is 30.3 Å². The Morgan fingerprint density at radius 2 is 1.94 bits per heavy atom. The van der Waals surface area contributed by atoms with Gasteiger partial charge < -0.3 is 15.8 Å². The van der Waals surface area contributed by atoms with Crippen LogP contribution in [0.25, 0.3) is 0 Å². The normalized spacial score (nSPS) is 11.0. The third-order valence-electron chi connectivity index (χ3n) is 2.12. The summed E-state index contributed by atoms with van der Waals surface area (Å²) in [7, 11) is 0. The molecule has 1 rings (SSSR count). The van der Waals surface area contributed by atoms with Crippen LogP contribution in [0.5, 0.6) is 0 Å². The highest BCUT2D eigenvalue weighted by Crippen LogP contribution is 2.01. The number of ether oxygens (including phenoxy) is 1. The SMILES string of the molecule is CC(=O)N[C@@H](CN)C(=O)OCc1ccccc1.Cl. The third kappa shape index (κ3) is 5.65. The molecule has 0 saturated heterocycles. The van der Waals surface area contributed by atoms with E-state index in [-0.39, 0.29) is 31.5 Å². The summed E-state index contributed by atoms with van der Waals surface area (Å²) < 4.78 is 5.05. The molecule has 100 valence electrons. The lowest BCUT2D eigenvalue weighted by atomic mass is 10.2. The average Bonchev–Trinajstić information content (AvgIpc) is 2.34. The van der Waals surface area contributed by atoms with Gasteiger partial charge in [-0.2, -0.15) is 0 Å². The molecule has 0 bridgehead atoms. The smallest absolute Gasteiger partial charge is 0.330 e. The first-order valence-electron chi connectivity index (χ1n) is 5.31. The van der Waals surface area contributed by atoms with E-state index in [0.717, 1.165) is 5.56 Å². The zero-order valence-electron chi connectivity index (χ0n) is 10.1. The van der Waals surface area contributed by atoms with E-state index in [0.29, 0.717) is 0 Å². The number of hydrogen-bond acceptors (Lipinski definition) is 4. The van der Waals surface area contributed by atoms with Crippen LogP contribution in [0.1, 0.15) is 12.5 Å². The first-order chi connectivity index (χ1) is 8.13. The summed E-state index contributed by atoms with van der Waals surface area (Å²) >= 11 is 0. The van der Waals surface area contributed by atoms with Gasteiger partial charge in [0.25, 0.3) is 0 Å². The van der Waals surface area contributed by atoms with E-state index in [1.165, 1.54) is 6.92 Å². The van der Waals surface area contributed by atoms with Crippen molar-refractivity contribution in [1.82, 2.24) is 5.32 Å². The van der Waals surface area contributed by atoms with Gasteiger partial charge in [0.15, 0.2) is 0 Å². The predicted molar refractivity (Wildman–Crippen MR) is 70.1 cm³/mol. The molecular weight excluding hydrogens is 256 g/mol. The van der Waals surface area contributed by atoms with Crippen LogP contribution < -0.4 is 11.1 Å². The molecule has 0 heterocycles. The standard InChI is InChI=1S/C12H16N2O3.ClH/c1-9(15)14-11(7-13)12(16)17-8-10-5-3-2-4-6-10;/h2-6,11H,7-8,13H2,1H3,(H,14,15);1H/t11-;/m0./s1. The van der Waals surface area contributed by atoms with Gasteiger partial charge in [-0.25, -0.2) is 4.79 Å². The highest BCUT2D eigenvalue weighted by Gasteiger charge is 2.18. The van der Waals surface area contributed by atoms with E-state index in [4.69, 9.17) is 10.5 Å². The minimum Gasteiger partial charge on any atom is -0.459 e. The maximum atomic E-state index is 11.6. The van der Waals surface area contributed by atoms with Gasteiger partial charge in [-0.15, -0.1) is 12.4 Å².